The average Bonchev–Trinajstić information content (AvgIpc) is 2.48. The quantitative estimate of drug-likeness (QED) is 0.637. The maximum atomic E-state index is 8.81. The number of nitriles is 1. The van der Waals surface area contributed by atoms with Gasteiger partial charge in [-0.2, -0.15) is 5.26 Å². The molecule has 21 heavy (non-hydrogen) atoms. The van der Waals surface area contributed by atoms with Gasteiger partial charge in [0.05, 0.1) is 29.6 Å². The van der Waals surface area contributed by atoms with Crippen molar-refractivity contribution in [3.8, 4) is 6.07 Å². The molecule has 3 N–H and O–H groups in total. The SMILES string of the molecule is CC(Nc1ccc(C#N)cc1N)OCc1ccc(Br)cc1. The van der Waals surface area contributed by atoms with Crippen molar-refractivity contribution in [1.82, 2.24) is 0 Å². The smallest absolute Gasteiger partial charge is 0.125 e. The zero-order chi connectivity index (χ0) is 15.2. The van der Waals surface area contributed by atoms with Gasteiger partial charge in [-0.15, -0.1) is 0 Å². The van der Waals surface area contributed by atoms with Crippen LogP contribution in [0.4, 0.5) is 11.4 Å². The molecular weight excluding hydrogens is 330 g/mol. The van der Waals surface area contributed by atoms with Crippen molar-refractivity contribution in [2.45, 2.75) is 19.8 Å². The van der Waals surface area contributed by atoms with Crippen molar-refractivity contribution in [3.05, 3.63) is 58.1 Å². The first-order chi connectivity index (χ1) is 10.1. The molecule has 0 aliphatic rings. The third kappa shape index (κ3) is 4.48. The summed E-state index contributed by atoms with van der Waals surface area (Å²) in [6.07, 6.45) is -0.191. The summed E-state index contributed by atoms with van der Waals surface area (Å²) in [7, 11) is 0. The van der Waals surface area contributed by atoms with Crippen molar-refractivity contribution in [2.75, 3.05) is 11.1 Å². The zero-order valence-electron chi connectivity index (χ0n) is 11.6. The number of halogens is 1. The second kappa shape index (κ2) is 7.11. The number of ether oxygens (including phenoxy) is 1. The van der Waals surface area contributed by atoms with Crippen LogP contribution in [0.5, 0.6) is 0 Å². The van der Waals surface area contributed by atoms with Crippen LogP contribution in [-0.2, 0) is 11.3 Å². The molecule has 0 fully saturated rings. The molecular formula is C16H16BrN3O. The number of hydrogen-bond acceptors (Lipinski definition) is 4. The van der Waals surface area contributed by atoms with Gasteiger partial charge in [0, 0.05) is 4.47 Å². The molecule has 0 amide bonds. The van der Waals surface area contributed by atoms with E-state index in [2.05, 4.69) is 27.3 Å². The molecule has 2 aromatic carbocycles. The number of nitrogens with one attached hydrogen (secondary N) is 1. The van der Waals surface area contributed by atoms with Gasteiger partial charge in [0.15, 0.2) is 0 Å². The van der Waals surface area contributed by atoms with Crippen LogP contribution < -0.4 is 11.1 Å². The Kier molecular flexibility index (Phi) is 5.20. The van der Waals surface area contributed by atoms with Gasteiger partial charge in [-0.3, -0.25) is 0 Å². The summed E-state index contributed by atoms with van der Waals surface area (Å²) in [6.45, 7) is 2.42. The minimum Gasteiger partial charge on any atom is -0.397 e. The standard InChI is InChI=1S/C16H16BrN3O/c1-11(21-10-12-2-5-14(17)6-3-12)20-16-7-4-13(9-18)8-15(16)19/h2-8,11,20H,10,19H2,1H3. The normalized spacial score (nSPS) is 11.7. The molecule has 2 rings (SSSR count). The van der Waals surface area contributed by atoms with Crippen molar-refractivity contribution in [2.24, 2.45) is 0 Å². The van der Waals surface area contributed by atoms with Crippen LogP contribution >= 0.6 is 15.9 Å². The summed E-state index contributed by atoms with van der Waals surface area (Å²) in [5.41, 5.74) is 8.83. The van der Waals surface area contributed by atoms with E-state index in [-0.39, 0.29) is 6.23 Å². The highest BCUT2D eigenvalue weighted by Gasteiger charge is 2.06. The Labute approximate surface area is 132 Å². The van der Waals surface area contributed by atoms with Gasteiger partial charge in [-0.05, 0) is 42.8 Å². The molecule has 1 unspecified atom stereocenters. The minimum atomic E-state index is -0.191. The highest BCUT2D eigenvalue weighted by molar-refractivity contribution is 9.10. The lowest BCUT2D eigenvalue weighted by molar-refractivity contribution is 0.0716. The molecule has 0 bridgehead atoms. The molecule has 0 radical (unpaired) electrons. The highest BCUT2D eigenvalue weighted by atomic mass is 79.9. The second-order valence-electron chi connectivity index (χ2n) is 4.64. The summed E-state index contributed by atoms with van der Waals surface area (Å²) >= 11 is 3.40. The molecule has 0 spiro atoms. The van der Waals surface area contributed by atoms with Crippen molar-refractivity contribution < 1.29 is 4.74 Å². The fourth-order valence-electron chi connectivity index (χ4n) is 1.83. The van der Waals surface area contributed by atoms with Gasteiger partial charge in [0.25, 0.3) is 0 Å². The number of anilines is 2. The molecule has 1 atom stereocenters. The van der Waals surface area contributed by atoms with E-state index < -0.39 is 0 Å². The van der Waals surface area contributed by atoms with Gasteiger partial charge in [0.1, 0.15) is 6.23 Å². The number of benzene rings is 2. The molecule has 0 aromatic heterocycles. The number of nitrogens with zero attached hydrogens (tertiary/aromatic N) is 1. The monoisotopic (exact) mass is 345 g/mol. The Balaban J connectivity index is 1.91. The predicted octanol–water partition coefficient (Wildman–Crippen LogP) is 3.88. The maximum absolute atomic E-state index is 8.81. The molecule has 108 valence electrons. The lowest BCUT2D eigenvalue weighted by Gasteiger charge is -2.17. The van der Waals surface area contributed by atoms with Gasteiger partial charge < -0.3 is 15.8 Å². The number of rotatable bonds is 5. The van der Waals surface area contributed by atoms with Crippen LogP contribution in [0.3, 0.4) is 0 Å². The van der Waals surface area contributed by atoms with E-state index in [1.54, 1.807) is 18.2 Å². The summed E-state index contributed by atoms with van der Waals surface area (Å²) in [5, 5.41) is 12.0. The summed E-state index contributed by atoms with van der Waals surface area (Å²) < 4.78 is 6.78. The third-order valence-electron chi connectivity index (χ3n) is 2.95. The predicted molar refractivity (Wildman–Crippen MR) is 87.6 cm³/mol. The van der Waals surface area contributed by atoms with E-state index in [1.807, 2.05) is 31.2 Å². The molecule has 0 aliphatic carbocycles. The first-order valence-electron chi connectivity index (χ1n) is 6.50. The number of hydrogen-bond donors (Lipinski definition) is 2. The van der Waals surface area contributed by atoms with Crippen LogP contribution in [0.25, 0.3) is 0 Å². The largest absolute Gasteiger partial charge is 0.397 e. The molecule has 0 aliphatic heterocycles. The van der Waals surface area contributed by atoms with E-state index in [9.17, 15) is 0 Å². The van der Waals surface area contributed by atoms with Gasteiger partial charge in [-0.25, -0.2) is 0 Å². The summed E-state index contributed by atoms with van der Waals surface area (Å²) in [5.74, 6) is 0. The Hall–Kier alpha value is -2.03. The maximum Gasteiger partial charge on any atom is 0.125 e. The third-order valence-corrected chi connectivity index (χ3v) is 3.48. The first-order valence-corrected chi connectivity index (χ1v) is 7.30. The van der Waals surface area contributed by atoms with Crippen molar-refractivity contribution in [1.29, 1.82) is 5.26 Å². The van der Waals surface area contributed by atoms with Gasteiger partial charge >= 0.3 is 0 Å². The first kappa shape index (κ1) is 15.4. The molecule has 0 heterocycles. The fraction of sp³-hybridized carbons (Fsp3) is 0.188. The molecule has 0 saturated heterocycles. The van der Waals surface area contributed by atoms with Gasteiger partial charge in [0.2, 0.25) is 0 Å². The minimum absolute atomic E-state index is 0.191. The fourth-order valence-corrected chi connectivity index (χ4v) is 2.09. The number of nitrogen functional groups attached to an aromatic ring is 1. The van der Waals surface area contributed by atoms with E-state index in [1.165, 1.54) is 0 Å². The summed E-state index contributed by atoms with van der Waals surface area (Å²) in [6, 6.07) is 15.2. The van der Waals surface area contributed by atoms with Gasteiger partial charge in [-0.1, -0.05) is 28.1 Å². The molecule has 2 aromatic rings. The second-order valence-corrected chi connectivity index (χ2v) is 5.55. The Morgan fingerprint density at radius 2 is 2.00 bits per heavy atom. The van der Waals surface area contributed by atoms with E-state index in [4.69, 9.17) is 15.7 Å². The Bertz CT molecular complexity index is 650. The Morgan fingerprint density at radius 1 is 1.29 bits per heavy atom. The number of nitrogens with two attached hydrogens (primary N) is 1. The topological polar surface area (TPSA) is 71.1 Å². The van der Waals surface area contributed by atoms with Crippen molar-refractivity contribution in [3.63, 3.8) is 0 Å². The van der Waals surface area contributed by atoms with Crippen LogP contribution in [0.1, 0.15) is 18.1 Å². The lowest BCUT2D eigenvalue weighted by atomic mass is 10.2. The highest BCUT2D eigenvalue weighted by Crippen LogP contribution is 2.21. The van der Waals surface area contributed by atoms with Crippen LogP contribution in [0.15, 0.2) is 46.9 Å². The van der Waals surface area contributed by atoms with Crippen LogP contribution in [0, 0.1) is 11.3 Å². The van der Waals surface area contributed by atoms with E-state index in [0.717, 1.165) is 15.7 Å². The van der Waals surface area contributed by atoms with E-state index in [0.29, 0.717) is 17.9 Å². The molecule has 4 nitrogen and oxygen atoms in total. The zero-order valence-corrected chi connectivity index (χ0v) is 13.2. The van der Waals surface area contributed by atoms with E-state index >= 15 is 0 Å². The summed E-state index contributed by atoms with van der Waals surface area (Å²) in [4.78, 5) is 0. The van der Waals surface area contributed by atoms with Crippen LogP contribution in [0.2, 0.25) is 0 Å². The average molecular weight is 346 g/mol. The van der Waals surface area contributed by atoms with Crippen LogP contribution in [-0.4, -0.2) is 6.23 Å². The molecule has 5 heteroatoms. The van der Waals surface area contributed by atoms with Crippen molar-refractivity contribution >= 4 is 27.3 Å². The molecule has 0 saturated carbocycles. The lowest BCUT2D eigenvalue weighted by Crippen LogP contribution is -2.19. The Morgan fingerprint density at radius 3 is 2.62 bits per heavy atom.